The molecule has 98 valence electrons. The molecule has 0 aliphatic carbocycles. The Hall–Kier alpha value is 0.217. The number of rotatable bonds is 11. The number of hydrogen-bond acceptors (Lipinski definition) is 0. The van der Waals surface area contributed by atoms with Crippen LogP contribution in [0.1, 0.15) is 79.1 Å². The highest BCUT2D eigenvalue weighted by Gasteiger charge is 2.13. The molecule has 0 unspecified atom stereocenters. The van der Waals surface area contributed by atoms with E-state index in [0.717, 1.165) is 5.54 Å². The van der Waals surface area contributed by atoms with Crippen LogP contribution in [0.3, 0.4) is 0 Å². The van der Waals surface area contributed by atoms with Gasteiger partial charge in [0.25, 0.3) is 0 Å². The van der Waals surface area contributed by atoms with Gasteiger partial charge in [0, 0.05) is 8.80 Å². The molecule has 0 amide bonds. The van der Waals surface area contributed by atoms with Gasteiger partial charge in [-0.3, -0.25) is 0 Å². The lowest BCUT2D eigenvalue weighted by Crippen LogP contribution is -2.16. The molecular weight excluding hydrogens is 208 g/mol. The van der Waals surface area contributed by atoms with E-state index in [4.69, 9.17) is 0 Å². The SMILES string of the molecule is CCCCCC[SiH](CCCCCC)C(C)C. The molecular formula is C15H34Si. The van der Waals surface area contributed by atoms with Crippen molar-refractivity contribution in [3.63, 3.8) is 0 Å². The lowest BCUT2D eigenvalue weighted by molar-refractivity contribution is 0.681. The molecule has 0 rings (SSSR count). The third kappa shape index (κ3) is 9.44. The van der Waals surface area contributed by atoms with Gasteiger partial charge in [-0.05, 0) is 0 Å². The Bertz CT molecular complexity index is 119. The molecule has 0 heterocycles. The molecule has 0 saturated carbocycles. The summed E-state index contributed by atoms with van der Waals surface area (Å²) >= 11 is 0. The molecule has 1 heteroatoms. The Balaban J connectivity index is 3.54. The van der Waals surface area contributed by atoms with E-state index in [0.29, 0.717) is 0 Å². The van der Waals surface area contributed by atoms with Gasteiger partial charge < -0.3 is 0 Å². The first-order valence-electron chi connectivity index (χ1n) is 7.72. The first-order valence-corrected chi connectivity index (χ1v) is 10.0. The molecule has 0 atom stereocenters. The Morgan fingerprint density at radius 1 is 0.688 bits per heavy atom. The first kappa shape index (κ1) is 16.2. The zero-order valence-electron chi connectivity index (χ0n) is 12.2. The van der Waals surface area contributed by atoms with Crippen LogP contribution in [0.15, 0.2) is 0 Å². The summed E-state index contributed by atoms with van der Waals surface area (Å²) in [6, 6.07) is 3.23. The van der Waals surface area contributed by atoms with Gasteiger partial charge in [-0.25, -0.2) is 0 Å². The van der Waals surface area contributed by atoms with Gasteiger partial charge in [0.05, 0.1) is 0 Å². The van der Waals surface area contributed by atoms with Crippen molar-refractivity contribution in [3.05, 3.63) is 0 Å². The fourth-order valence-corrected chi connectivity index (χ4v) is 5.73. The van der Waals surface area contributed by atoms with Crippen LogP contribution in [-0.2, 0) is 0 Å². The maximum atomic E-state index is 2.47. The summed E-state index contributed by atoms with van der Waals surface area (Å²) < 4.78 is 0. The van der Waals surface area contributed by atoms with Crippen LogP contribution in [0.4, 0.5) is 0 Å². The fourth-order valence-electron chi connectivity index (χ4n) is 2.48. The van der Waals surface area contributed by atoms with Gasteiger partial charge >= 0.3 is 0 Å². The van der Waals surface area contributed by atoms with Gasteiger partial charge in [0.1, 0.15) is 0 Å². The second-order valence-electron chi connectivity index (χ2n) is 5.70. The van der Waals surface area contributed by atoms with Crippen LogP contribution in [-0.4, -0.2) is 8.80 Å². The summed E-state index contributed by atoms with van der Waals surface area (Å²) in [5, 5.41) is 0. The molecule has 0 aliphatic heterocycles. The maximum Gasteiger partial charge on any atom is 0.0393 e. The predicted molar refractivity (Wildman–Crippen MR) is 80.1 cm³/mol. The van der Waals surface area contributed by atoms with Crippen molar-refractivity contribution in [3.8, 4) is 0 Å². The molecule has 16 heavy (non-hydrogen) atoms. The molecule has 0 N–H and O–H groups in total. The lowest BCUT2D eigenvalue weighted by Gasteiger charge is -2.19. The molecule has 0 nitrogen and oxygen atoms in total. The minimum absolute atomic E-state index is 0.392. The normalized spacial score (nSPS) is 11.6. The first-order chi connectivity index (χ1) is 7.72. The third-order valence-corrected chi connectivity index (χ3v) is 7.99. The largest absolute Gasteiger partial charge is 0.0654 e. The van der Waals surface area contributed by atoms with E-state index in [9.17, 15) is 0 Å². The topological polar surface area (TPSA) is 0 Å². The second-order valence-corrected chi connectivity index (χ2v) is 9.71. The predicted octanol–water partition coefficient (Wildman–Crippen LogP) is 5.78. The van der Waals surface area contributed by atoms with E-state index in [1.807, 2.05) is 0 Å². The van der Waals surface area contributed by atoms with Crippen LogP contribution < -0.4 is 0 Å². The standard InChI is InChI=1S/C15H34Si/c1-5-7-9-11-13-16(15(3)4)14-12-10-8-6-2/h15-16H,5-14H2,1-4H3. The molecule has 0 bridgehead atoms. The summed E-state index contributed by atoms with van der Waals surface area (Å²) in [5.74, 6) is 0. The van der Waals surface area contributed by atoms with Crippen molar-refractivity contribution in [2.45, 2.75) is 96.7 Å². The average Bonchev–Trinajstić information content (AvgIpc) is 2.26. The van der Waals surface area contributed by atoms with Crippen LogP contribution >= 0.6 is 0 Å². The highest BCUT2D eigenvalue weighted by atomic mass is 28.3. The molecule has 0 spiro atoms. The minimum Gasteiger partial charge on any atom is -0.0654 e. The van der Waals surface area contributed by atoms with Gasteiger partial charge in [-0.1, -0.05) is 96.7 Å². The van der Waals surface area contributed by atoms with Crippen molar-refractivity contribution in [1.82, 2.24) is 0 Å². The van der Waals surface area contributed by atoms with Crippen molar-refractivity contribution in [2.75, 3.05) is 0 Å². The molecule has 0 saturated heterocycles. The van der Waals surface area contributed by atoms with E-state index >= 15 is 0 Å². The van der Waals surface area contributed by atoms with E-state index in [1.165, 1.54) is 51.4 Å². The van der Waals surface area contributed by atoms with E-state index < -0.39 is 8.80 Å². The Morgan fingerprint density at radius 3 is 1.44 bits per heavy atom. The Morgan fingerprint density at radius 2 is 1.12 bits per heavy atom. The average molecular weight is 243 g/mol. The van der Waals surface area contributed by atoms with Crippen molar-refractivity contribution in [2.24, 2.45) is 0 Å². The summed E-state index contributed by atoms with van der Waals surface area (Å²) in [6.07, 6.45) is 11.7. The minimum atomic E-state index is -0.392. The fraction of sp³-hybridized carbons (Fsp3) is 1.00. The zero-order chi connectivity index (χ0) is 12.2. The smallest absolute Gasteiger partial charge is 0.0393 e. The zero-order valence-corrected chi connectivity index (χ0v) is 13.4. The molecule has 0 fully saturated rings. The highest BCUT2D eigenvalue weighted by Crippen LogP contribution is 2.22. The Kier molecular flexibility index (Phi) is 11.9. The number of unbranched alkanes of at least 4 members (excludes halogenated alkanes) is 6. The van der Waals surface area contributed by atoms with E-state index in [1.54, 1.807) is 12.1 Å². The summed E-state index contributed by atoms with van der Waals surface area (Å²) in [5.41, 5.74) is 1.03. The van der Waals surface area contributed by atoms with Gasteiger partial charge in [0.2, 0.25) is 0 Å². The van der Waals surface area contributed by atoms with Gasteiger partial charge in [0.15, 0.2) is 0 Å². The van der Waals surface area contributed by atoms with Crippen LogP contribution in [0.25, 0.3) is 0 Å². The van der Waals surface area contributed by atoms with Gasteiger partial charge in [-0.15, -0.1) is 0 Å². The van der Waals surface area contributed by atoms with Crippen molar-refractivity contribution >= 4 is 8.80 Å². The van der Waals surface area contributed by atoms with Gasteiger partial charge in [-0.2, -0.15) is 0 Å². The molecule has 0 aromatic heterocycles. The monoisotopic (exact) mass is 242 g/mol. The van der Waals surface area contributed by atoms with Crippen LogP contribution in [0, 0.1) is 0 Å². The lowest BCUT2D eigenvalue weighted by atomic mass is 10.2. The quantitative estimate of drug-likeness (QED) is 0.318. The van der Waals surface area contributed by atoms with Crippen molar-refractivity contribution < 1.29 is 0 Å². The molecule has 0 aliphatic rings. The highest BCUT2D eigenvalue weighted by molar-refractivity contribution is 6.60. The van der Waals surface area contributed by atoms with E-state index in [2.05, 4.69) is 27.7 Å². The molecule has 0 aromatic rings. The third-order valence-electron chi connectivity index (χ3n) is 3.80. The number of hydrogen-bond donors (Lipinski definition) is 0. The maximum absolute atomic E-state index is 2.47. The summed E-state index contributed by atoms with van der Waals surface area (Å²) in [4.78, 5) is 0. The van der Waals surface area contributed by atoms with Crippen LogP contribution in [0.5, 0.6) is 0 Å². The Labute approximate surface area is 106 Å². The molecule has 0 aromatic carbocycles. The van der Waals surface area contributed by atoms with Crippen molar-refractivity contribution in [1.29, 1.82) is 0 Å². The molecule has 0 radical (unpaired) electrons. The van der Waals surface area contributed by atoms with Crippen LogP contribution in [0.2, 0.25) is 17.6 Å². The summed E-state index contributed by atoms with van der Waals surface area (Å²) in [6.45, 7) is 9.55. The van der Waals surface area contributed by atoms with E-state index in [-0.39, 0.29) is 0 Å². The second kappa shape index (κ2) is 11.7. The summed E-state index contributed by atoms with van der Waals surface area (Å²) in [7, 11) is -0.392.